The van der Waals surface area contributed by atoms with Crippen LogP contribution in [0.2, 0.25) is 5.02 Å². The zero-order valence-electron chi connectivity index (χ0n) is 13.4. The van der Waals surface area contributed by atoms with Crippen molar-refractivity contribution < 1.29 is 19.1 Å². The molecule has 0 atom stereocenters. The molecule has 1 N–H and O–H groups in total. The Hall–Kier alpha value is -2.72. The van der Waals surface area contributed by atoms with Crippen LogP contribution in [0, 0.1) is 0 Å². The summed E-state index contributed by atoms with van der Waals surface area (Å²) < 4.78 is 11.5. The van der Waals surface area contributed by atoms with E-state index in [-0.39, 0.29) is 6.42 Å². The highest BCUT2D eigenvalue weighted by Gasteiger charge is 2.11. The molecule has 0 bridgehead atoms. The molecule has 0 unspecified atom stereocenters. The molecular weight excluding hydrogens is 340 g/mol. The smallest absolute Gasteiger partial charge is 0.311 e. The normalized spacial score (nSPS) is 10.6. The lowest BCUT2D eigenvalue weighted by molar-refractivity contribution is -0.136. The van der Waals surface area contributed by atoms with E-state index < -0.39 is 5.97 Å². The van der Waals surface area contributed by atoms with E-state index in [1.807, 2.05) is 42.5 Å². The van der Waals surface area contributed by atoms with Gasteiger partial charge in [0.1, 0.15) is 30.3 Å². The maximum atomic E-state index is 10.8. The minimum absolute atomic E-state index is 0.132. The lowest BCUT2D eigenvalue weighted by Crippen LogP contribution is -1.99. The zero-order valence-corrected chi connectivity index (χ0v) is 14.2. The molecular formula is C20H17ClO4. The molecule has 0 radical (unpaired) electrons. The van der Waals surface area contributed by atoms with Crippen LogP contribution in [0.1, 0.15) is 22.6 Å². The topological polar surface area (TPSA) is 59.7 Å². The molecule has 4 nitrogen and oxygen atoms in total. The van der Waals surface area contributed by atoms with E-state index in [1.165, 1.54) is 0 Å². The summed E-state index contributed by atoms with van der Waals surface area (Å²) in [5.74, 6) is 0.902. The van der Waals surface area contributed by atoms with Gasteiger partial charge < -0.3 is 14.3 Å². The van der Waals surface area contributed by atoms with Crippen LogP contribution in [0.5, 0.6) is 5.75 Å². The highest BCUT2D eigenvalue weighted by Crippen LogP contribution is 2.27. The number of aliphatic carboxylic acids is 1. The monoisotopic (exact) mass is 356 g/mol. The third-order valence-electron chi connectivity index (χ3n) is 3.67. The summed E-state index contributed by atoms with van der Waals surface area (Å²) in [4.78, 5) is 10.8. The van der Waals surface area contributed by atoms with Crippen molar-refractivity contribution in [2.75, 3.05) is 0 Å². The second kappa shape index (κ2) is 7.90. The Morgan fingerprint density at radius 2 is 1.80 bits per heavy atom. The molecule has 0 amide bonds. The number of halogens is 1. The van der Waals surface area contributed by atoms with Gasteiger partial charge in [0, 0.05) is 17.0 Å². The van der Waals surface area contributed by atoms with Crippen molar-refractivity contribution >= 4 is 17.6 Å². The summed E-state index contributed by atoms with van der Waals surface area (Å²) in [5.41, 5.74) is 1.96. The van der Waals surface area contributed by atoms with Gasteiger partial charge in [0.2, 0.25) is 0 Å². The van der Waals surface area contributed by atoms with E-state index >= 15 is 0 Å². The Morgan fingerprint density at radius 1 is 1.04 bits per heavy atom. The van der Waals surface area contributed by atoms with Gasteiger partial charge in [-0.15, -0.1) is 0 Å². The molecule has 5 heteroatoms. The summed E-state index contributed by atoms with van der Waals surface area (Å²) in [6.45, 7) is 0.456. The number of ether oxygens (including phenoxy) is 1. The minimum Gasteiger partial charge on any atom is -0.489 e. The quantitative estimate of drug-likeness (QED) is 0.664. The number of rotatable bonds is 7. The predicted octanol–water partition coefficient (Wildman–Crippen LogP) is 4.73. The molecule has 1 heterocycles. The number of furan rings is 1. The van der Waals surface area contributed by atoms with Crippen LogP contribution in [0.4, 0.5) is 0 Å². The molecule has 0 aliphatic heterocycles. The fourth-order valence-electron chi connectivity index (χ4n) is 2.51. The van der Waals surface area contributed by atoms with E-state index in [0.717, 1.165) is 16.9 Å². The minimum atomic E-state index is -0.921. The molecule has 0 saturated heterocycles. The van der Waals surface area contributed by atoms with Crippen LogP contribution in [-0.4, -0.2) is 11.1 Å². The molecule has 128 valence electrons. The van der Waals surface area contributed by atoms with Crippen LogP contribution in [0.25, 0.3) is 0 Å². The molecule has 1 aromatic heterocycles. The maximum Gasteiger partial charge on any atom is 0.311 e. The van der Waals surface area contributed by atoms with Crippen molar-refractivity contribution in [3.8, 4) is 5.75 Å². The van der Waals surface area contributed by atoms with Gasteiger partial charge in [-0.1, -0.05) is 41.9 Å². The van der Waals surface area contributed by atoms with Crippen LogP contribution in [-0.2, 0) is 24.2 Å². The fraction of sp³-hybridized carbons (Fsp3) is 0.150. The van der Waals surface area contributed by atoms with E-state index in [2.05, 4.69) is 0 Å². The van der Waals surface area contributed by atoms with Crippen molar-refractivity contribution in [3.63, 3.8) is 0 Å². The van der Waals surface area contributed by atoms with Crippen LogP contribution in [0.15, 0.2) is 65.1 Å². The van der Waals surface area contributed by atoms with Gasteiger partial charge in [-0.2, -0.15) is 0 Å². The largest absolute Gasteiger partial charge is 0.489 e. The first kappa shape index (κ1) is 17.1. The van der Waals surface area contributed by atoms with Gasteiger partial charge in [-0.05, 0) is 35.9 Å². The Morgan fingerprint density at radius 3 is 2.56 bits per heavy atom. The molecule has 0 saturated carbocycles. The molecule has 3 rings (SSSR count). The van der Waals surface area contributed by atoms with Crippen molar-refractivity contribution in [1.82, 2.24) is 0 Å². The molecule has 0 aliphatic rings. The van der Waals surface area contributed by atoms with Crippen molar-refractivity contribution in [1.29, 1.82) is 0 Å². The zero-order chi connectivity index (χ0) is 17.6. The molecule has 2 aromatic carbocycles. The maximum absolute atomic E-state index is 10.8. The summed E-state index contributed by atoms with van der Waals surface area (Å²) in [6.07, 6.45) is 0.344. The summed E-state index contributed by atoms with van der Waals surface area (Å²) >= 11 is 6.11. The van der Waals surface area contributed by atoms with Gasteiger partial charge in [0.15, 0.2) is 0 Å². The number of hydrogen-bond donors (Lipinski definition) is 1. The third-order valence-corrected chi connectivity index (χ3v) is 3.90. The predicted molar refractivity (Wildman–Crippen MR) is 95.1 cm³/mol. The van der Waals surface area contributed by atoms with Crippen LogP contribution < -0.4 is 4.74 Å². The van der Waals surface area contributed by atoms with Crippen molar-refractivity contribution in [2.24, 2.45) is 0 Å². The Kier molecular flexibility index (Phi) is 5.41. The Bertz CT molecular complexity index is 855. The molecule has 0 fully saturated rings. The lowest BCUT2D eigenvalue weighted by Gasteiger charge is -2.11. The average molecular weight is 357 g/mol. The van der Waals surface area contributed by atoms with Gasteiger partial charge in [0.05, 0.1) is 0 Å². The standard InChI is InChI=1S/C20H17ClO4/c21-16-6-9-19(24-13-14-4-2-1-3-5-14)15(10-16)11-17-7-8-18(25-17)12-20(22)23/h1-10H,11-13H2,(H,22,23). The summed E-state index contributed by atoms with van der Waals surface area (Å²) in [5, 5.41) is 9.44. The van der Waals surface area contributed by atoms with Crippen LogP contribution in [0.3, 0.4) is 0 Å². The highest BCUT2D eigenvalue weighted by atomic mass is 35.5. The Labute approximate surface area is 150 Å². The van der Waals surface area contributed by atoms with Gasteiger partial charge in [-0.25, -0.2) is 0 Å². The number of carbonyl (C=O) groups is 1. The van der Waals surface area contributed by atoms with Gasteiger partial charge in [0.25, 0.3) is 0 Å². The van der Waals surface area contributed by atoms with Gasteiger partial charge in [-0.3, -0.25) is 4.79 Å². The molecule has 3 aromatic rings. The van der Waals surface area contributed by atoms with E-state index in [9.17, 15) is 4.79 Å². The van der Waals surface area contributed by atoms with E-state index in [1.54, 1.807) is 18.2 Å². The second-order valence-corrected chi connectivity index (χ2v) is 6.08. The third kappa shape index (κ3) is 4.88. The molecule has 0 spiro atoms. The first-order chi connectivity index (χ1) is 12.1. The summed E-state index contributed by atoms with van der Waals surface area (Å²) in [7, 11) is 0. The SMILES string of the molecule is O=C(O)Cc1ccc(Cc2cc(Cl)ccc2OCc2ccccc2)o1. The number of carboxylic acid groups (broad SMARTS) is 1. The van der Waals surface area contributed by atoms with Crippen LogP contribution >= 0.6 is 11.6 Å². The number of benzene rings is 2. The van der Waals surface area contributed by atoms with Crippen molar-refractivity contribution in [2.45, 2.75) is 19.4 Å². The van der Waals surface area contributed by atoms with Crippen molar-refractivity contribution in [3.05, 3.63) is 88.3 Å². The van der Waals surface area contributed by atoms with Gasteiger partial charge >= 0.3 is 5.97 Å². The Balaban J connectivity index is 1.74. The fourth-order valence-corrected chi connectivity index (χ4v) is 2.71. The first-order valence-electron chi connectivity index (χ1n) is 7.84. The lowest BCUT2D eigenvalue weighted by atomic mass is 10.1. The first-order valence-corrected chi connectivity index (χ1v) is 8.22. The average Bonchev–Trinajstić information content (AvgIpc) is 3.01. The highest BCUT2D eigenvalue weighted by molar-refractivity contribution is 6.30. The second-order valence-electron chi connectivity index (χ2n) is 5.64. The molecule has 0 aliphatic carbocycles. The van der Waals surface area contributed by atoms with E-state index in [4.69, 9.17) is 25.9 Å². The number of carboxylic acids is 1. The number of hydrogen-bond acceptors (Lipinski definition) is 3. The molecule has 25 heavy (non-hydrogen) atoms. The summed E-state index contributed by atoms with van der Waals surface area (Å²) in [6, 6.07) is 18.8. The van der Waals surface area contributed by atoms with E-state index in [0.29, 0.717) is 29.6 Å².